The second-order valence-corrected chi connectivity index (χ2v) is 9.21. The Balaban J connectivity index is 0.00000342. The Hall–Kier alpha value is -3.41. The van der Waals surface area contributed by atoms with Gasteiger partial charge < -0.3 is 15.0 Å². The van der Waals surface area contributed by atoms with Crippen LogP contribution < -0.4 is 10.1 Å². The molecule has 0 spiro atoms. The normalized spacial score (nSPS) is 12.2. The minimum atomic E-state index is -0.148. The van der Waals surface area contributed by atoms with Gasteiger partial charge in [0.1, 0.15) is 16.8 Å². The Morgan fingerprint density at radius 1 is 1.20 bits per heavy atom. The summed E-state index contributed by atoms with van der Waals surface area (Å²) in [7, 11) is 1.61. The summed E-state index contributed by atoms with van der Waals surface area (Å²) in [5.74, 6) is 0.696. The van der Waals surface area contributed by atoms with Gasteiger partial charge >= 0.3 is 0 Å². The van der Waals surface area contributed by atoms with Gasteiger partial charge in [0, 0.05) is 36.7 Å². The zero-order chi connectivity index (χ0) is 23.9. The number of carbonyl (C=O) groups is 2. The van der Waals surface area contributed by atoms with E-state index in [9.17, 15) is 14.9 Å². The quantitative estimate of drug-likeness (QED) is 0.480. The number of aryl methyl sites for hydroxylation is 2. The van der Waals surface area contributed by atoms with Crippen LogP contribution in [0.3, 0.4) is 0 Å². The van der Waals surface area contributed by atoms with Crippen LogP contribution in [0.4, 0.5) is 5.00 Å². The van der Waals surface area contributed by atoms with Gasteiger partial charge in [-0.2, -0.15) is 5.26 Å². The molecule has 0 bridgehead atoms. The molecule has 0 atom stereocenters. The summed E-state index contributed by atoms with van der Waals surface area (Å²) in [5, 5.41) is 13.2. The zero-order valence-electron chi connectivity index (χ0n) is 19.5. The van der Waals surface area contributed by atoms with Gasteiger partial charge in [-0.1, -0.05) is 24.3 Å². The van der Waals surface area contributed by atoms with Crippen molar-refractivity contribution < 1.29 is 14.3 Å². The second-order valence-electron chi connectivity index (χ2n) is 8.11. The van der Waals surface area contributed by atoms with Crippen LogP contribution in [0.25, 0.3) is 0 Å². The van der Waals surface area contributed by atoms with Crippen molar-refractivity contribution in [2.24, 2.45) is 0 Å². The van der Waals surface area contributed by atoms with Crippen LogP contribution in [0.1, 0.15) is 40.0 Å². The summed E-state index contributed by atoms with van der Waals surface area (Å²) in [4.78, 5) is 32.3. The van der Waals surface area contributed by atoms with Gasteiger partial charge in [0.2, 0.25) is 11.8 Å². The number of nitriles is 1. The van der Waals surface area contributed by atoms with Crippen molar-refractivity contribution in [1.82, 2.24) is 9.88 Å². The molecule has 7 nitrogen and oxygen atoms in total. The summed E-state index contributed by atoms with van der Waals surface area (Å²) >= 11 is 1.40. The lowest BCUT2D eigenvalue weighted by molar-refractivity contribution is -0.132. The van der Waals surface area contributed by atoms with Gasteiger partial charge in [0.05, 0.1) is 19.2 Å². The fourth-order valence-electron chi connectivity index (χ4n) is 4.12. The van der Waals surface area contributed by atoms with Crippen molar-refractivity contribution in [1.29, 1.82) is 5.26 Å². The lowest BCUT2D eigenvalue weighted by Gasteiger charge is -2.27. The van der Waals surface area contributed by atoms with E-state index in [-0.39, 0.29) is 30.6 Å². The number of ether oxygens (including phenoxy) is 1. The monoisotopic (exact) mass is 510 g/mol. The van der Waals surface area contributed by atoms with Crippen molar-refractivity contribution in [3.05, 3.63) is 75.9 Å². The zero-order valence-corrected chi connectivity index (χ0v) is 21.1. The molecule has 4 rings (SSSR count). The molecule has 1 aromatic carbocycles. The molecule has 0 unspecified atom stereocenters. The van der Waals surface area contributed by atoms with E-state index in [2.05, 4.69) is 16.4 Å². The van der Waals surface area contributed by atoms with Crippen molar-refractivity contribution in [2.75, 3.05) is 19.0 Å². The van der Waals surface area contributed by atoms with Crippen LogP contribution in [0.2, 0.25) is 0 Å². The molecule has 182 valence electrons. The van der Waals surface area contributed by atoms with E-state index in [1.807, 2.05) is 41.3 Å². The fourth-order valence-corrected chi connectivity index (χ4v) is 5.35. The highest BCUT2D eigenvalue weighted by atomic mass is 35.5. The van der Waals surface area contributed by atoms with Gasteiger partial charge in [0.25, 0.3) is 0 Å². The van der Waals surface area contributed by atoms with E-state index in [1.54, 1.807) is 19.5 Å². The largest absolute Gasteiger partial charge is 0.496 e. The van der Waals surface area contributed by atoms with Crippen molar-refractivity contribution in [3.63, 3.8) is 0 Å². The number of nitrogens with one attached hydrogen (secondary N) is 1. The first-order valence-electron chi connectivity index (χ1n) is 11.2. The van der Waals surface area contributed by atoms with Gasteiger partial charge in [-0.25, -0.2) is 0 Å². The van der Waals surface area contributed by atoms with Crippen molar-refractivity contribution >= 4 is 40.6 Å². The highest BCUT2D eigenvalue weighted by molar-refractivity contribution is 7.16. The average Bonchev–Trinajstić information content (AvgIpc) is 3.22. The minimum Gasteiger partial charge on any atom is -0.496 e. The molecule has 9 heteroatoms. The number of hydrogen-bond donors (Lipinski definition) is 1. The molecule has 0 saturated carbocycles. The van der Waals surface area contributed by atoms with E-state index in [0.29, 0.717) is 49.3 Å². The molecule has 0 radical (unpaired) electrons. The number of benzene rings is 1. The number of amides is 2. The Kier molecular flexibility index (Phi) is 9.24. The van der Waals surface area contributed by atoms with E-state index in [0.717, 1.165) is 27.3 Å². The molecule has 2 amide bonds. The Labute approximate surface area is 215 Å². The number of halogens is 1. The minimum absolute atomic E-state index is 0. The third-order valence-electron chi connectivity index (χ3n) is 5.94. The summed E-state index contributed by atoms with van der Waals surface area (Å²) in [6, 6.07) is 13.7. The number of hydrogen-bond acceptors (Lipinski definition) is 6. The molecule has 0 fully saturated rings. The topological polar surface area (TPSA) is 95.3 Å². The van der Waals surface area contributed by atoms with Gasteiger partial charge in [0.15, 0.2) is 0 Å². The molecule has 1 aliphatic rings. The molecule has 2 aromatic heterocycles. The lowest BCUT2D eigenvalue weighted by Crippen LogP contribution is -2.35. The SMILES string of the molecule is COc1ccccc1CCC(=O)Nc1sc2c(c1C#N)CCN(C(=O)CCc1cccnc1)C2.Cl. The van der Waals surface area contributed by atoms with Crippen molar-refractivity contribution in [3.8, 4) is 11.8 Å². The molecule has 0 aliphatic carbocycles. The standard InChI is InChI=1S/C26H26N4O3S.ClH/c1-33-22-7-3-2-6-19(22)9-10-24(31)29-26-21(15-27)20-12-14-30(17-23(20)34-26)25(32)11-8-18-5-4-13-28-16-18;/h2-7,13,16H,8-12,14,17H2,1H3,(H,29,31);1H. The predicted molar refractivity (Wildman–Crippen MR) is 138 cm³/mol. The van der Waals surface area contributed by atoms with Crippen LogP contribution in [0.5, 0.6) is 5.75 Å². The van der Waals surface area contributed by atoms with E-state index in [1.165, 1.54) is 11.3 Å². The highest BCUT2D eigenvalue weighted by Crippen LogP contribution is 2.37. The molecule has 1 N–H and O–H groups in total. The number of carbonyl (C=O) groups excluding carboxylic acids is 2. The molecule has 35 heavy (non-hydrogen) atoms. The number of aromatic nitrogens is 1. The summed E-state index contributed by atoms with van der Waals surface area (Å²) in [5.41, 5.74) is 3.47. The first-order valence-corrected chi connectivity index (χ1v) is 12.0. The summed E-state index contributed by atoms with van der Waals surface area (Å²) in [6.07, 6.45) is 6.01. The van der Waals surface area contributed by atoms with Gasteiger partial charge in [-0.3, -0.25) is 14.6 Å². The van der Waals surface area contributed by atoms with Crippen LogP contribution in [-0.4, -0.2) is 35.4 Å². The first-order chi connectivity index (χ1) is 16.6. The maximum Gasteiger partial charge on any atom is 0.225 e. The van der Waals surface area contributed by atoms with E-state index < -0.39 is 0 Å². The fraction of sp³-hybridized carbons (Fsp3) is 0.308. The molecule has 1 aliphatic heterocycles. The summed E-state index contributed by atoms with van der Waals surface area (Å²) in [6.45, 7) is 1.04. The van der Waals surface area contributed by atoms with Crippen LogP contribution in [-0.2, 0) is 35.4 Å². The molecule has 3 heterocycles. The highest BCUT2D eigenvalue weighted by Gasteiger charge is 2.27. The maximum atomic E-state index is 12.8. The maximum absolute atomic E-state index is 12.8. The Bertz CT molecular complexity index is 1220. The first kappa shape index (κ1) is 26.2. The number of methoxy groups -OCH3 is 1. The third kappa shape index (κ3) is 6.38. The summed E-state index contributed by atoms with van der Waals surface area (Å²) < 4.78 is 5.35. The molecule has 0 saturated heterocycles. The Morgan fingerprint density at radius 2 is 2.03 bits per heavy atom. The number of pyridine rings is 1. The number of anilines is 1. The number of thiophene rings is 1. The van der Waals surface area contributed by atoms with Gasteiger partial charge in [-0.05, 0) is 48.1 Å². The van der Waals surface area contributed by atoms with E-state index in [4.69, 9.17) is 4.74 Å². The van der Waals surface area contributed by atoms with Crippen LogP contribution >= 0.6 is 23.7 Å². The number of nitrogens with zero attached hydrogens (tertiary/aromatic N) is 3. The lowest BCUT2D eigenvalue weighted by atomic mass is 10.0. The predicted octanol–water partition coefficient (Wildman–Crippen LogP) is 4.53. The molecular formula is C26H27ClN4O3S. The number of rotatable bonds is 8. The number of fused-ring (bicyclic) bond motifs is 1. The number of para-hydroxylation sites is 1. The second kappa shape index (κ2) is 12.3. The van der Waals surface area contributed by atoms with Crippen LogP contribution in [0.15, 0.2) is 48.8 Å². The van der Waals surface area contributed by atoms with Crippen molar-refractivity contribution in [2.45, 2.75) is 38.6 Å². The molecule has 3 aromatic rings. The Morgan fingerprint density at radius 3 is 2.77 bits per heavy atom. The molecular weight excluding hydrogens is 484 g/mol. The van der Waals surface area contributed by atoms with Gasteiger partial charge in [-0.15, -0.1) is 23.7 Å². The van der Waals surface area contributed by atoms with Crippen LogP contribution in [0, 0.1) is 11.3 Å². The van der Waals surface area contributed by atoms with E-state index >= 15 is 0 Å². The third-order valence-corrected chi connectivity index (χ3v) is 7.07. The average molecular weight is 511 g/mol. The smallest absolute Gasteiger partial charge is 0.225 e.